The summed E-state index contributed by atoms with van der Waals surface area (Å²) in [5, 5.41) is 9.55. The average Bonchev–Trinajstić information content (AvgIpc) is 2.67. The molecule has 2 rings (SSSR count). The Balaban J connectivity index is 1.89. The maximum Gasteiger partial charge on any atom is 0.219 e. The molecular weight excluding hydrogens is 202 g/mol. The first kappa shape index (κ1) is 9.78. The number of nitrogens with two attached hydrogens (primary N) is 1. The van der Waals surface area contributed by atoms with Crippen molar-refractivity contribution in [1.29, 1.82) is 0 Å². The van der Waals surface area contributed by atoms with Gasteiger partial charge in [-0.05, 0) is 0 Å². The third kappa shape index (κ3) is 2.38. The van der Waals surface area contributed by atoms with Crippen LogP contribution >= 0.6 is 11.3 Å². The van der Waals surface area contributed by atoms with Gasteiger partial charge in [0.2, 0.25) is 5.13 Å². The molecule has 78 valence electrons. The van der Waals surface area contributed by atoms with Gasteiger partial charge in [-0.25, -0.2) is 5.84 Å². The second-order valence-corrected chi connectivity index (χ2v) is 4.10. The van der Waals surface area contributed by atoms with Gasteiger partial charge in [0.1, 0.15) is 5.01 Å². The van der Waals surface area contributed by atoms with Gasteiger partial charge in [-0.2, -0.15) is 0 Å². The van der Waals surface area contributed by atoms with Crippen LogP contribution in [0.15, 0.2) is 0 Å². The summed E-state index contributed by atoms with van der Waals surface area (Å²) in [6, 6.07) is 0. The number of hydrazine groups is 1. The van der Waals surface area contributed by atoms with Gasteiger partial charge in [0.05, 0.1) is 19.8 Å². The van der Waals surface area contributed by atoms with E-state index in [1.807, 2.05) is 0 Å². The quantitative estimate of drug-likeness (QED) is 0.530. The molecule has 1 fully saturated rings. The van der Waals surface area contributed by atoms with Gasteiger partial charge in [0.15, 0.2) is 0 Å². The number of nitrogens with one attached hydrogen (secondary N) is 1. The van der Waals surface area contributed by atoms with Crippen LogP contribution in [0.3, 0.4) is 0 Å². The molecule has 7 heteroatoms. The van der Waals surface area contributed by atoms with Crippen molar-refractivity contribution in [3.63, 3.8) is 0 Å². The fraction of sp³-hybridized carbons (Fsp3) is 0.714. The zero-order valence-electron chi connectivity index (χ0n) is 7.77. The van der Waals surface area contributed by atoms with Crippen LogP contribution in [0.5, 0.6) is 0 Å². The SMILES string of the molecule is NNc1nnc(CN2CCOCC2)s1. The molecule has 1 saturated heterocycles. The van der Waals surface area contributed by atoms with Crippen LogP contribution < -0.4 is 11.3 Å². The van der Waals surface area contributed by atoms with E-state index in [9.17, 15) is 0 Å². The molecule has 2 heterocycles. The van der Waals surface area contributed by atoms with Gasteiger partial charge in [0, 0.05) is 13.1 Å². The van der Waals surface area contributed by atoms with Crippen LogP contribution in [0.25, 0.3) is 0 Å². The summed E-state index contributed by atoms with van der Waals surface area (Å²) in [6.45, 7) is 4.38. The molecule has 0 bridgehead atoms. The van der Waals surface area contributed by atoms with E-state index in [1.165, 1.54) is 11.3 Å². The van der Waals surface area contributed by atoms with Gasteiger partial charge >= 0.3 is 0 Å². The Morgan fingerprint density at radius 2 is 2.21 bits per heavy atom. The fourth-order valence-electron chi connectivity index (χ4n) is 1.33. The Labute approximate surface area is 86.0 Å². The fourth-order valence-corrected chi connectivity index (χ4v) is 2.02. The van der Waals surface area contributed by atoms with Gasteiger partial charge in [-0.1, -0.05) is 11.3 Å². The Bertz CT molecular complexity index is 285. The molecular formula is C7H13N5OS. The van der Waals surface area contributed by atoms with Crippen molar-refractivity contribution in [3.05, 3.63) is 5.01 Å². The Morgan fingerprint density at radius 1 is 1.43 bits per heavy atom. The Morgan fingerprint density at radius 3 is 2.86 bits per heavy atom. The molecule has 1 aromatic heterocycles. The molecule has 6 nitrogen and oxygen atoms in total. The molecule has 1 aliphatic heterocycles. The number of rotatable bonds is 3. The Kier molecular flexibility index (Phi) is 3.25. The molecule has 0 spiro atoms. The molecule has 0 radical (unpaired) electrons. The lowest BCUT2D eigenvalue weighted by molar-refractivity contribution is 0.0341. The van der Waals surface area contributed by atoms with Crippen LogP contribution in [-0.4, -0.2) is 41.4 Å². The van der Waals surface area contributed by atoms with Crippen molar-refractivity contribution in [2.75, 3.05) is 31.7 Å². The van der Waals surface area contributed by atoms with Crippen molar-refractivity contribution >= 4 is 16.5 Å². The zero-order valence-corrected chi connectivity index (χ0v) is 8.59. The summed E-state index contributed by atoms with van der Waals surface area (Å²) in [5.74, 6) is 5.22. The third-order valence-corrected chi connectivity index (χ3v) is 2.89. The molecule has 0 aliphatic carbocycles. The number of aromatic nitrogens is 2. The topological polar surface area (TPSA) is 76.3 Å². The maximum atomic E-state index is 5.26. The van der Waals surface area contributed by atoms with E-state index in [0.717, 1.165) is 37.9 Å². The first-order chi connectivity index (χ1) is 6.88. The molecule has 1 aliphatic rings. The predicted octanol–water partition coefficient (Wildman–Crippen LogP) is -0.344. The number of nitrogen functional groups attached to an aromatic ring is 1. The van der Waals surface area contributed by atoms with Gasteiger partial charge in [0.25, 0.3) is 0 Å². The minimum absolute atomic E-state index is 0.660. The maximum absolute atomic E-state index is 5.26. The largest absolute Gasteiger partial charge is 0.379 e. The summed E-state index contributed by atoms with van der Waals surface area (Å²) in [7, 11) is 0. The number of hydrogen-bond donors (Lipinski definition) is 2. The van der Waals surface area contributed by atoms with Crippen molar-refractivity contribution < 1.29 is 4.74 Å². The highest BCUT2D eigenvalue weighted by atomic mass is 32.1. The highest BCUT2D eigenvalue weighted by Crippen LogP contribution is 2.15. The van der Waals surface area contributed by atoms with Gasteiger partial charge in [-0.3, -0.25) is 10.3 Å². The molecule has 0 aromatic carbocycles. The second-order valence-electron chi connectivity index (χ2n) is 3.03. The number of hydrogen-bond acceptors (Lipinski definition) is 7. The van der Waals surface area contributed by atoms with E-state index >= 15 is 0 Å². The second kappa shape index (κ2) is 4.65. The predicted molar refractivity (Wildman–Crippen MR) is 53.8 cm³/mol. The standard InChI is InChI=1S/C7H13N5OS/c8-9-7-11-10-6(14-7)5-12-1-3-13-4-2-12/h1-5,8H2,(H,9,11). The minimum atomic E-state index is 0.660. The number of nitrogens with zero attached hydrogens (tertiary/aromatic N) is 3. The smallest absolute Gasteiger partial charge is 0.219 e. The van der Waals surface area contributed by atoms with Crippen LogP contribution in [-0.2, 0) is 11.3 Å². The normalized spacial score (nSPS) is 18.4. The van der Waals surface area contributed by atoms with Crippen molar-refractivity contribution in [3.8, 4) is 0 Å². The zero-order chi connectivity index (χ0) is 9.80. The highest BCUT2D eigenvalue weighted by Gasteiger charge is 2.13. The molecule has 0 unspecified atom stereocenters. The summed E-state index contributed by atoms with van der Waals surface area (Å²) >= 11 is 1.49. The van der Waals surface area contributed by atoms with Gasteiger partial charge < -0.3 is 4.74 Å². The molecule has 3 N–H and O–H groups in total. The molecule has 14 heavy (non-hydrogen) atoms. The van der Waals surface area contributed by atoms with Crippen LogP contribution in [0.2, 0.25) is 0 Å². The van der Waals surface area contributed by atoms with E-state index in [0.29, 0.717) is 5.13 Å². The van der Waals surface area contributed by atoms with Gasteiger partial charge in [-0.15, -0.1) is 10.2 Å². The third-order valence-electron chi connectivity index (χ3n) is 2.05. The molecule has 0 amide bonds. The number of morpholine rings is 1. The lowest BCUT2D eigenvalue weighted by Crippen LogP contribution is -2.35. The van der Waals surface area contributed by atoms with E-state index in [2.05, 4.69) is 20.5 Å². The average molecular weight is 215 g/mol. The van der Waals surface area contributed by atoms with Crippen LogP contribution in [0.4, 0.5) is 5.13 Å². The first-order valence-electron chi connectivity index (χ1n) is 4.47. The van der Waals surface area contributed by atoms with Crippen molar-refractivity contribution in [2.24, 2.45) is 5.84 Å². The monoisotopic (exact) mass is 215 g/mol. The molecule has 0 atom stereocenters. The van der Waals surface area contributed by atoms with E-state index in [-0.39, 0.29) is 0 Å². The van der Waals surface area contributed by atoms with E-state index in [1.54, 1.807) is 0 Å². The highest BCUT2D eigenvalue weighted by molar-refractivity contribution is 7.15. The van der Waals surface area contributed by atoms with Crippen LogP contribution in [0.1, 0.15) is 5.01 Å². The van der Waals surface area contributed by atoms with E-state index < -0.39 is 0 Å². The summed E-state index contributed by atoms with van der Waals surface area (Å²) in [4.78, 5) is 2.30. The number of ether oxygens (including phenoxy) is 1. The molecule has 1 aromatic rings. The van der Waals surface area contributed by atoms with E-state index in [4.69, 9.17) is 10.6 Å². The van der Waals surface area contributed by atoms with Crippen LogP contribution in [0, 0.1) is 0 Å². The van der Waals surface area contributed by atoms with Crippen molar-refractivity contribution in [1.82, 2.24) is 15.1 Å². The molecule has 0 saturated carbocycles. The first-order valence-corrected chi connectivity index (χ1v) is 5.29. The lowest BCUT2D eigenvalue weighted by Gasteiger charge is -2.25. The Hall–Kier alpha value is -0.760. The summed E-state index contributed by atoms with van der Waals surface area (Å²) < 4.78 is 5.26. The lowest BCUT2D eigenvalue weighted by atomic mass is 10.4. The summed E-state index contributed by atoms with van der Waals surface area (Å²) in [5.41, 5.74) is 2.49. The van der Waals surface area contributed by atoms with Crippen molar-refractivity contribution in [2.45, 2.75) is 6.54 Å². The summed E-state index contributed by atoms with van der Waals surface area (Å²) in [6.07, 6.45) is 0. The minimum Gasteiger partial charge on any atom is -0.379 e. The number of anilines is 1.